The fraction of sp³-hybridized carbons (Fsp3) is 0.690. The highest BCUT2D eigenvalue weighted by molar-refractivity contribution is 7.98. The Kier molecular flexibility index (Phi) is 21.7. The standard InChI is InChI=1S/C29H50N8O14S/c1-12(2)21(27(48)33-16(9-20(42)43)25(46)34-17(10-38)26(47)35-18(11-39)29(50)51)36-24(45)15(7-8-52-4)32-28(49)22(13(3)40)37-23(44)14(30)5-6-19(31)41/h12-18,21-22,38-40H,5-11,30H2,1-4H3,(H2,31,41)(H,32,49)(H,33,48)(H,34,46)(H,35,47)(H,36,45)(H,37,44)(H,42,43)(H,50,51)/t13-,14+,15+,16+,17+,18+,21+,22+/m1/s1. The zero-order valence-corrected chi connectivity index (χ0v) is 29.9. The van der Waals surface area contributed by atoms with Crippen LogP contribution >= 0.6 is 11.8 Å². The largest absolute Gasteiger partial charge is 0.481 e. The molecule has 296 valence electrons. The highest BCUT2D eigenvalue weighted by Gasteiger charge is 2.35. The molecule has 0 aliphatic rings. The number of aliphatic hydroxyl groups excluding tert-OH is 3. The Bertz CT molecular complexity index is 1290. The van der Waals surface area contributed by atoms with Gasteiger partial charge < -0.3 is 68.9 Å². The number of nitrogens with two attached hydrogens (primary N) is 2. The maximum Gasteiger partial charge on any atom is 0.328 e. The van der Waals surface area contributed by atoms with E-state index >= 15 is 0 Å². The summed E-state index contributed by atoms with van der Waals surface area (Å²) < 4.78 is 0. The van der Waals surface area contributed by atoms with Gasteiger partial charge in [0.1, 0.15) is 36.3 Å². The molecule has 0 aromatic heterocycles. The summed E-state index contributed by atoms with van der Waals surface area (Å²) in [5.74, 6) is -10.7. The molecule has 0 saturated heterocycles. The lowest BCUT2D eigenvalue weighted by molar-refractivity contribution is -0.144. The van der Waals surface area contributed by atoms with Crippen LogP contribution in [0.5, 0.6) is 0 Å². The molecular formula is C29H50N8O14S. The SMILES string of the molecule is CSCC[C@H](NC(=O)[C@@H](NC(=O)[C@@H](N)CCC(N)=O)[C@@H](C)O)C(=O)N[C@H](C(=O)N[C@@H](CC(=O)O)C(=O)N[C@@H](CO)C(=O)N[C@@H](CO)C(=O)O)C(C)C. The Morgan fingerprint density at radius 2 is 1.10 bits per heavy atom. The lowest BCUT2D eigenvalue weighted by atomic mass is 10.0. The number of carbonyl (C=O) groups excluding carboxylic acids is 7. The monoisotopic (exact) mass is 766 g/mol. The number of nitrogens with one attached hydrogen (secondary N) is 6. The topological polar surface area (TPSA) is 379 Å². The molecule has 0 heterocycles. The molecule has 0 unspecified atom stereocenters. The van der Waals surface area contributed by atoms with Crippen molar-refractivity contribution in [2.45, 2.75) is 94.9 Å². The third-order valence-electron chi connectivity index (χ3n) is 7.22. The van der Waals surface area contributed by atoms with E-state index in [2.05, 4.69) is 21.3 Å². The highest BCUT2D eigenvalue weighted by Crippen LogP contribution is 2.09. The molecule has 7 amide bonds. The molecule has 0 aromatic carbocycles. The fourth-order valence-corrected chi connectivity index (χ4v) is 4.69. The first kappa shape index (κ1) is 47.4. The van der Waals surface area contributed by atoms with Crippen molar-refractivity contribution in [3.63, 3.8) is 0 Å². The Morgan fingerprint density at radius 3 is 1.56 bits per heavy atom. The number of hydrogen-bond acceptors (Lipinski definition) is 14. The molecular weight excluding hydrogens is 716 g/mol. The first-order chi connectivity index (χ1) is 24.2. The first-order valence-corrected chi connectivity index (χ1v) is 17.3. The zero-order valence-electron chi connectivity index (χ0n) is 29.1. The van der Waals surface area contributed by atoms with Crippen LogP contribution in [0.25, 0.3) is 0 Å². The van der Waals surface area contributed by atoms with Gasteiger partial charge in [-0.05, 0) is 37.7 Å². The lowest BCUT2D eigenvalue weighted by Gasteiger charge is -2.29. The second kappa shape index (κ2) is 23.8. The van der Waals surface area contributed by atoms with Crippen LogP contribution in [0.15, 0.2) is 0 Å². The maximum atomic E-state index is 13.5. The molecule has 0 fully saturated rings. The van der Waals surface area contributed by atoms with E-state index in [9.17, 15) is 58.5 Å². The fourth-order valence-electron chi connectivity index (χ4n) is 4.22. The molecule has 0 saturated carbocycles. The number of primary amides is 1. The Morgan fingerprint density at radius 1 is 0.635 bits per heavy atom. The van der Waals surface area contributed by atoms with Gasteiger partial charge in [-0.2, -0.15) is 11.8 Å². The van der Waals surface area contributed by atoms with Crippen molar-refractivity contribution in [3.05, 3.63) is 0 Å². The number of rotatable bonds is 25. The third kappa shape index (κ3) is 17.1. The molecule has 8 atom stereocenters. The van der Waals surface area contributed by atoms with Gasteiger partial charge in [-0.3, -0.25) is 38.4 Å². The van der Waals surface area contributed by atoms with E-state index in [1.54, 1.807) is 6.26 Å². The van der Waals surface area contributed by atoms with E-state index in [1.807, 2.05) is 10.6 Å². The number of thioether (sulfide) groups is 1. The first-order valence-electron chi connectivity index (χ1n) is 15.9. The molecule has 22 nitrogen and oxygen atoms in total. The Hall–Kier alpha value is -4.58. The van der Waals surface area contributed by atoms with Crippen molar-refractivity contribution >= 4 is 65.1 Å². The van der Waals surface area contributed by atoms with Crippen molar-refractivity contribution < 1.29 is 68.7 Å². The van der Waals surface area contributed by atoms with Gasteiger partial charge >= 0.3 is 11.9 Å². The van der Waals surface area contributed by atoms with Gasteiger partial charge in [0.25, 0.3) is 0 Å². The summed E-state index contributed by atoms with van der Waals surface area (Å²) >= 11 is 1.30. The van der Waals surface area contributed by atoms with Crippen LogP contribution in [0.4, 0.5) is 0 Å². The average Bonchev–Trinajstić information content (AvgIpc) is 3.06. The van der Waals surface area contributed by atoms with Crippen molar-refractivity contribution in [1.29, 1.82) is 0 Å². The predicted molar refractivity (Wildman–Crippen MR) is 182 cm³/mol. The van der Waals surface area contributed by atoms with Crippen molar-refractivity contribution in [2.75, 3.05) is 25.2 Å². The molecule has 0 aliphatic heterocycles. The third-order valence-corrected chi connectivity index (χ3v) is 7.86. The van der Waals surface area contributed by atoms with Gasteiger partial charge in [0.2, 0.25) is 41.4 Å². The van der Waals surface area contributed by atoms with Gasteiger partial charge in [-0.15, -0.1) is 0 Å². The van der Waals surface area contributed by atoms with E-state index in [0.717, 1.165) is 0 Å². The van der Waals surface area contributed by atoms with Crippen LogP contribution in [-0.4, -0.2) is 152 Å². The molecule has 0 rings (SSSR count). The van der Waals surface area contributed by atoms with Crippen LogP contribution in [0, 0.1) is 5.92 Å². The lowest BCUT2D eigenvalue weighted by Crippen LogP contribution is -2.62. The smallest absolute Gasteiger partial charge is 0.328 e. The van der Waals surface area contributed by atoms with E-state index < -0.39 is 127 Å². The van der Waals surface area contributed by atoms with Gasteiger partial charge in [-0.1, -0.05) is 13.8 Å². The van der Waals surface area contributed by atoms with Crippen molar-refractivity contribution in [2.24, 2.45) is 17.4 Å². The van der Waals surface area contributed by atoms with Gasteiger partial charge in [0.05, 0.1) is 31.8 Å². The quantitative estimate of drug-likeness (QED) is 0.0411. The summed E-state index contributed by atoms with van der Waals surface area (Å²) in [7, 11) is 0. The van der Waals surface area contributed by atoms with E-state index in [0.29, 0.717) is 5.75 Å². The Balaban J connectivity index is 6.01. The number of carboxylic acids is 2. The van der Waals surface area contributed by atoms with Crippen molar-refractivity contribution in [1.82, 2.24) is 31.9 Å². The minimum atomic E-state index is -1.88. The van der Waals surface area contributed by atoms with Crippen LogP contribution < -0.4 is 43.4 Å². The number of hydrogen-bond donors (Lipinski definition) is 13. The molecule has 0 aromatic rings. The van der Waals surface area contributed by atoms with E-state index in [-0.39, 0.29) is 19.3 Å². The summed E-state index contributed by atoms with van der Waals surface area (Å²) in [4.78, 5) is 112. The molecule has 0 radical (unpaired) electrons. The highest BCUT2D eigenvalue weighted by atomic mass is 32.2. The van der Waals surface area contributed by atoms with Gasteiger partial charge in [0.15, 0.2) is 0 Å². The number of carboxylic acid groups (broad SMARTS) is 2. The van der Waals surface area contributed by atoms with Crippen LogP contribution in [0.1, 0.15) is 46.5 Å². The summed E-state index contributed by atoms with van der Waals surface area (Å²) in [6.45, 7) is 2.08. The van der Waals surface area contributed by atoms with Crippen molar-refractivity contribution in [3.8, 4) is 0 Å². The molecule has 15 N–H and O–H groups in total. The number of amides is 7. The van der Waals surface area contributed by atoms with Crippen LogP contribution in [-0.2, 0) is 43.2 Å². The second-order valence-electron chi connectivity index (χ2n) is 11.9. The minimum Gasteiger partial charge on any atom is -0.481 e. The van der Waals surface area contributed by atoms with Gasteiger partial charge in [0, 0.05) is 6.42 Å². The molecule has 23 heteroatoms. The minimum absolute atomic E-state index is 0.00253. The second-order valence-corrected chi connectivity index (χ2v) is 12.9. The number of aliphatic hydroxyl groups is 3. The van der Waals surface area contributed by atoms with Crippen LogP contribution in [0.2, 0.25) is 0 Å². The summed E-state index contributed by atoms with van der Waals surface area (Å²) in [5.41, 5.74) is 10.8. The summed E-state index contributed by atoms with van der Waals surface area (Å²) in [5, 5.41) is 60.5. The predicted octanol–water partition coefficient (Wildman–Crippen LogP) is -6.18. The normalized spacial score (nSPS) is 15.6. The Labute approximate surface area is 302 Å². The summed E-state index contributed by atoms with van der Waals surface area (Å²) in [6.07, 6.45) is -1.16. The molecule has 0 aliphatic carbocycles. The number of carbonyl (C=O) groups is 9. The maximum absolute atomic E-state index is 13.5. The molecule has 0 spiro atoms. The van der Waals surface area contributed by atoms with Gasteiger partial charge in [-0.25, -0.2) is 4.79 Å². The van der Waals surface area contributed by atoms with E-state index in [4.69, 9.17) is 21.7 Å². The summed E-state index contributed by atoms with van der Waals surface area (Å²) in [6, 6.07) is -11.1. The molecule has 0 bridgehead atoms. The number of aliphatic carboxylic acids is 2. The van der Waals surface area contributed by atoms with E-state index in [1.165, 1.54) is 32.5 Å². The zero-order chi connectivity index (χ0) is 40.3. The van der Waals surface area contributed by atoms with Crippen LogP contribution in [0.3, 0.4) is 0 Å². The molecule has 52 heavy (non-hydrogen) atoms. The average molecular weight is 767 g/mol.